The molecule has 1 aromatic heterocycles. The van der Waals surface area contributed by atoms with Crippen LogP contribution in [0.1, 0.15) is 16.1 Å². The van der Waals surface area contributed by atoms with E-state index in [1.807, 2.05) is 13.0 Å². The third kappa shape index (κ3) is 4.57. The summed E-state index contributed by atoms with van der Waals surface area (Å²) >= 11 is 20.5. The number of thiocarbonyl (C=S) groups is 1. The van der Waals surface area contributed by atoms with E-state index in [1.165, 1.54) is 19.2 Å². The Labute approximate surface area is 162 Å². The number of hydrogen-bond donors (Lipinski definition) is 2. The van der Waals surface area contributed by atoms with Gasteiger partial charge in [-0.3, -0.25) is 10.1 Å². The third-order valence-electron chi connectivity index (χ3n) is 2.95. The van der Waals surface area contributed by atoms with Crippen molar-refractivity contribution in [3.05, 3.63) is 50.0 Å². The molecule has 0 aliphatic carbocycles. The van der Waals surface area contributed by atoms with E-state index in [-0.39, 0.29) is 20.7 Å². The number of hydrogen-bond acceptors (Lipinski definition) is 4. The molecule has 0 spiro atoms. The highest BCUT2D eigenvalue weighted by Gasteiger charge is 2.14. The number of nitrogens with zero attached hydrogens (tertiary/aromatic N) is 1. The number of nitrogens with one attached hydrogen (secondary N) is 2. The molecular formula is C15H12BrCl2N3O2S. The monoisotopic (exact) mass is 447 g/mol. The lowest BCUT2D eigenvalue weighted by atomic mass is 10.2. The van der Waals surface area contributed by atoms with Gasteiger partial charge in [0.2, 0.25) is 0 Å². The van der Waals surface area contributed by atoms with Crippen LogP contribution in [0.25, 0.3) is 0 Å². The number of rotatable bonds is 3. The van der Waals surface area contributed by atoms with Crippen LogP contribution in [-0.2, 0) is 0 Å². The van der Waals surface area contributed by atoms with E-state index in [0.717, 1.165) is 10.2 Å². The van der Waals surface area contributed by atoms with Crippen LogP contribution in [-0.4, -0.2) is 23.1 Å². The fourth-order valence-corrected chi connectivity index (χ4v) is 2.88. The van der Waals surface area contributed by atoms with Gasteiger partial charge in [-0.1, -0.05) is 23.2 Å². The fraction of sp³-hybridized carbons (Fsp3) is 0.133. The van der Waals surface area contributed by atoms with Gasteiger partial charge >= 0.3 is 0 Å². The van der Waals surface area contributed by atoms with Crippen LogP contribution in [0.2, 0.25) is 10.0 Å². The average molecular weight is 449 g/mol. The molecule has 0 saturated heterocycles. The summed E-state index contributed by atoms with van der Waals surface area (Å²) in [6.07, 6.45) is 0. The molecule has 1 heterocycles. The lowest BCUT2D eigenvalue weighted by Gasteiger charge is -2.11. The SMILES string of the molecule is COc1c(Cl)cc(C(=O)NC(=S)Nc2ccc(Br)c(C)n2)cc1Cl. The number of anilines is 1. The highest BCUT2D eigenvalue weighted by Crippen LogP contribution is 2.33. The second-order valence-electron chi connectivity index (χ2n) is 4.65. The van der Waals surface area contributed by atoms with Crippen molar-refractivity contribution in [3.63, 3.8) is 0 Å². The van der Waals surface area contributed by atoms with Crippen LogP contribution in [0, 0.1) is 6.92 Å². The van der Waals surface area contributed by atoms with Crippen molar-refractivity contribution >= 4 is 68.2 Å². The molecule has 0 fully saturated rings. The van der Waals surface area contributed by atoms with Crippen LogP contribution in [0.5, 0.6) is 5.75 Å². The normalized spacial score (nSPS) is 10.2. The van der Waals surface area contributed by atoms with E-state index < -0.39 is 5.91 Å². The standard InChI is InChI=1S/C15H12BrCl2N3O2S/c1-7-9(16)3-4-12(19-7)20-15(24)21-14(22)8-5-10(17)13(23-2)11(18)6-8/h3-6H,1-2H3,(H2,19,20,21,22,24). The first-order valence-electron chi connectivity index (χ1n) is 6.60. The van der Waals surface area contributed by atoms with Crippen LogP contribution < -0.4 is 15.4 Å². The maximum Gasteiger partial charge on any atom is 0.257 e. The minimum atomic E-state index is -0.451. The Bertz CT molecular complexity index is 794. The van der Waals surface area contributed by atoms with E-state index in [1.54, 1.807) is 6.07 Å². The van der Waals surface area contributed by atoms with Gasteiger partial charge in [0, 0.05) is 10.0 Å². The lowest BCUT2D eigenvalue weighted by Crippen LogP contribution is -2.34. The Morgan fingerprint density at radius 2 is 1.92 bits per heavy atom. The number of methoxy groups -OCH3 is 1. The van der Waals surface area contributed by atoms with Gasteiger partial charge in [0.15, 0.2) is 10.9 Å². The predicted molar refractivity (Wildman–Crippen MR) is 103 cm³/mol. The largest absolute Gasteiger partial charge is 0.494 e. The molecule has 0 aliphatic heterocycles. The summed E-state index contributed by atoms with van der Waals surface area (Å²) in [6, 6.07) is 6.47. The first-order chi connectivity index (χ1) is 11.3. The summed E-state index contributed by atoms with van der Waals surface area (Å²) in [5.41, 5.74) is 1.05. The molecule has 1 amide bonds. The highest BCUT2D eigenvalue weighted by atomic mass is 79.9. The number of aryl methyl sites for hydroxylation is 1. The van der Waals surface area contributed by atoms with Crippen molar-refractivity contribution < 1.29 is 9.53 Å². The zero-order valence-electron chi connectivity index (χ0n) is 12.6. The van der Waals surface area contributed by atoms with E-state index in [9.17, 15) is 4.79 Å². The first-order valence-corrected chi connectivity index (χ1v) is 8.56. The minimum absolute atomic E-state index is 0.109. The summed E-state index contributed by atoms with van der Waals surface area (Å²) in [5, 5.41) is 5.96. The quantitative estimate of drug-likeness (QED) is 0.672. The molecule has 0 bridgehead atoms. The maximum absolute atomic E-state index is 12.2. The van der Waals surface area contributed by atoms with Gasteiger partial charge in [-0.15, -0.1) is 0 Å². The number of carbonyl (C=O) groups excluding carboxylic acids is 1. The van der Waals surface area contributed by atoms with Crippen LogP contribution in [0.4, 0.5) is 5.82 Å². The molecule has 0 atom stereocenters. The molecular weight excluding hydrogens is 437 g/mol. The van der Waals surface area contributed by atoms with Gasteiger partial charge < -0.3 is 10.1 Å². The van der Waals surface area contributed by atoms with Crippen molar-refractivity contribution in [1.82, 2.24) is 10.3 Å². The number of pyridine rings is 1. The number of aromatic nitrogens is 1. The Kier molecular flexibility index (Phi) is 6.40. The molecule has 1 aromatic carbocycles. The van der Waals surface area contributed by atoms with Gasteiger partial charge in [0.1, 0.15) is 5.82 Å². The average Bonchev–Trinajstić information content (AvgIpc) is 2.50. The van der Waals surface area contributed by atoms with Crippen molar-refractivity contribution in [2.24, 2.45) is 0 Å². The predicted octanol–water partition coefficient (Wildman–Crippen LogP) is 4.59. The first kappa shape index (κ1) is 18.9. The number of benzene rings is 1. The van der Waals surface area contributed by atoms with Crippen molar-refractivity contribution in [2.45, 2.75) is 6.92 Å². The van der Waals surface area contributed by atoms with Crippen molar-refractivity contribution in [2.75, 3.05) is 12.4 Å². The Morgan fingerprint density at radius 3 is 2.46 bits per heavy atom. The number of halogens is 3. The highest BCUT2D eigenvalue weighted by molar-refractivity contribution is 9.10. The topological polar surface area (TPSA) is 63.2 Å². The number of ether oxygens (including phenoxy) is 1. The molecule has 126 valence electrons. The van der Waals surface area contributed by atoms with Crippen molar-refractivity contribution in [1.29, 1.82) is 0 Å². The molecule has 2 aromatic rings. The molecule has 0 unspecified atom stereocenters. The van der Waals surface area contributed by atoms with Crippen LogP contribution >= 0.6 is 51.3 Å². The summed E-state index contributed by atoms with van der Waals surface area (Å²) < 4.78 is 5.93. The molecule has 9 heteroatoms. The zero-order valence-corrected chi connectivity index (χ0v) is 16.5. The number of carbonyl (C=O) groups is 1. The van der Waals surface area contributed by atoms with E-state index >= 15 is 0 Å². The van der Waals surface area contributed by atoms with Gasteiger partial charge in [-0.05, 0) is 59.3 Å². The Balaban J connectivity index is 2.09. The summed E-state index contributed by atoms with van der Waals surface area (Å²) in [5.74, 6) is 0.379. The minimum Gasteiger partial charge on any atom is -0.494 e. The molecule has 5 nitrogen and oxygen atoms in total. The second kappa shape index (κ2) is 8.11. The molecule has 0 radical (unpaired) electrons. The smallest absolute Gasteiger partial charge is 0.257 e. The van der Waals surface area contributed by atoms with E-state index in [4.69, 9.17) is 40.2 Å². The summed E-state index contributed by atoms with van der Waals surface area (Å²) in [7, 11) is 1.44. The van der Waals surface area contributed by atoms with Crippen LogP contribution in [0.3, 0.4) is 0 Å². The van der Waals surface area contributed by atoms with Gasteiger partial charge in [-0.25, -0.2) is 4.98 Å². The second-order valence-corrected chi connectivity index (χ2v) is 6.72. The fourth-order valence-electron chi connectivity index (χ4n) is 1.82. The molecule has 2 rings (SSSR count). The Morgan fingerprint density at radius 1 is 1.29 bits per heavy atom. The molecule has 24 heavy (non-hydrogen) atoms. The summed E-state index contributed by atoms with van der Waals surface area (Å²) in [6.45, 7) is 1.85. The number of amides is 1. The molecule has 0 aliphatic rings. The zero-order chi connectivity index (χ0) is 17.9. The van der Waals surface area contributed by atoms with E-state index in [2.05, 4.69) is 31.5 Å². The van der Waals surface area contributed by atoms with Crippen LogP contribution in [0.15, 0.2) is 28.7 Å². The Hall–Kier alpha value is -1.41. The van der Waals surface area contributed by atoms with Gasteiger partial charge in [0.05, 0.1) is 22.8 Å². The van der Waals surface area contributed by atoms with Crippen molar-refractivity contribution in [3.8, 4) is 5.75 Å². The van der Waals surface area contributed by atoms with Gasteiger partial charge in [0.25, 0.3) is 5.91 Å². The van der Waals surface area contributed by atoms with Gasteiger partial charge in [-0.2, -0.15) is 0 Å². The van der Waals surface area contributed by atoms with E-state index in [0.29, 0.717) is 11.6 Å². The third-order valence-corrected chi connectivity index (χ3v) is 4.56. The molecule has 2 N–H and O–H groups in total. The maximum atomic E-state index is 12.2. The lowest BCUT2D eigenvalue weighted by molar-refractivity contribution is 0.0977. The molecule has 0 saturated carbocycles. The summed E-state index contributed by atoms with van der Waals surface area (Å²) in [4.78, 5) is 16.5.